The second-order valence-electron chi connectivity index (χ2n) is 5.46. The minimum absolute atomic E-state index is 0.101. The molecule has 1 aromatic carbocycles. The van der Waals surface area contributed by atoms with E-state index in [4.69, 9.17) is 0 Å². The molecule has 1 aliphatic rings. The average Bonchev–Trinajstić information content (AvgIpc) is 2.41. The largest absolute Gasteiger partial charge is 0.294 e. The van der Waals surface area contributed by atoms with Crippen LogP contribution in [0.4, 0.5) is 4.39 Å². The van der Waals surface area contributed by atoms with Gasteiger partial charge in [0.25, 0.3) is 0 Å². The van der Waals surface area contributed by atoms with Crippen LogP contribution < -0.4 is 0 Å². The van der Waals surface area contributed by atoms with Crippen molar-refractivity contribution in [1.29, 1.82) is 0 Å². The van der Waals surface area contributed by atoms with Crippen LogP contribution in [0.5, 0.6) is 0 Å². The lowest BCUT2D eigenvalue weighted by atomic mass is 9.76. The van der Waals surface area contributed by atoms with Crippen LogP contribution in [0.3, 0.4) is 0 Å². The molecule has 2 heteroatoms. The van der Waals surface area contributed by atoms with Crippen LogP contribution in [0.1, 0.15) is 54.9 Å². The molecule has 1 aliphatic carbocycles. The number of ketones is 1. The Bertz CT molecular complexity index is 439. The van der Waals surface area contributed by atoms with Crippen LogP contribution in [0.25, 0.3) is 0 Å². The zero-order valence-electron chi connectivity index (χ0n) is 11.2. The maximum absolute atomic E-state index is 13.3. The van der Waals surface area contributed by atoms with Crippen LogP contribution in [0.2, 0.25) is 0 Å². The molecule has 0 saturated heterocycles. The number of halogens is 1. The first-order valence-electron chi connectivity index (χ1n) is 6.92. The molecule has 0 aromatic heterocycles. The van der Waals surface area contributed by atoms with E-state index in [9.17, 15) is 9.18 Å². The minimum atomic E-state index is -0.313. The fourth-order valence-corrected chi connectivity index (χ4v) is 2.98. The van der Waals surface area contributed by atoms with Gasteiger partial charge in [-0.15, -0.1) is 0 Å². The molecule has 0 aliphatic heterocycles. The Morgan fingerprint density at radius 1 is 1.39 bits per heavy atom. The van der Waals surface area contributed by atoms with Crippen molar-refractivity contribution in [3.05, 3.63) is 35.1 Å². The van der Waals surface area contributed by atoms with Gasteiger partial charge in [-0.3, -0.25) is 4.79 Å². The first kappa shape index (κ1) is 13.3. The smallest absolute Gasteiger partial charge is 0.166 e. The third kappa shape index (κ3) is 2.80. The molecule has 1 fully saturated rings. The molecule has 0 amide bonds. The summed E-state index contributed by atoms with van der Waals surface area (Å²) in [5.74, 6) is 0.600. The van der Waals surface area contributed by atoms with Crippen molar-refractivity contribution in [2.45, 2.75) is 46.0 Å². The summed E-state index contributed by atoms with van der Waals surface area (Å²) in [5.41, 5.74) is 1.47. The van der Waals surface area contributed by atoms with Gasteiger partial charge in [-0.05, 0) is 43.4 Å². The standard InChI is InChI=1S/C16H21FO/c1-3-12-5-4-6-13(9-12)16(18)15-10-14(17)8-7-11(15)2/h7-8,10,12-13H,3-6,9H2,1-2H3. The number of hydrogen-bond donors (Lipinski definition) is 0. The highest BCUT2D eigenvalue weighted by atomic mass is 19.1. The summed E-state index contributed by atoms with van der Waals surface area (Å²) in [5, 5.41) is 0. The summed E-state index contributed by atoms with van der Waals surface area (Å²) in [6.45, 7) is 4.07. The summed E-state index contributed by atoms with van der Waals surface area (Å²) in [6, 6.07) is 4.51. The molecule has 0 heterocycles. The van der Waals surface area contributed by atoms with Gasteiger partial charge in [0.15, 0.2) is 5.78 Å². The van der Waals surface area contributed by atoms with Crippen molar-refractivity contribution >= 4 is 5.78 Å². The van der Waals surface area contributed by atoms with Gasteiger partial charge in [0, 0.05) is 11.5 Å². The van der Waals surface area contributed by atoms with Crippen LogP contribution in [-0.2, 0) is 0 Å². The third-order valence-electron chi connectivity index (χ3n) is 4.20. The van der Waals surface area contributed by atoms with Gasteiger partial charge in [0.2, 0.25) is 0 Å². The summed E-state index contributed by atoms with van der Waals surface area (Å²) < 4.78 is 13.3. The van der Waals surface area contributed by atoms with Crippen LogP contribution in [0, 0.1) is 24.6 Å². The zero-order chi connectivity index (χ0) is 13.1. The molecular weight excluding hydrogens is 227 g/mol. The summed E-state index contributed by atoms with van der Waals surface area (Å²) in [7, 11) is 0. The Balaban J connectivity index is 2.17. The number of carbonyl (C=O) groups excluding carboxylic acids is 1. The van der Waals surface area contributed by atoms with E-state index in [0.29, 0.717) is 11.5 Å². The molecule has 2 atom stereocenters. The Morgan fingerprint density at radius 2 is 2.17 bits per heavy atom. The molecule has 98 valence electrons. The maximum Gasteiger partial charge on any atom is 0.166 e. The SMILES string of the molecule is CCC1CCCC(C(=O)c2cc(F)ccc2C)C1. The first-order chi connectivity index (χ1) is 8.61. The minimum Gasteiger partial charge on any atom is -0.294 e. The maximum atomic E-state index is 13.3. The van der Waals surface area contributed by atoms with Gasteiger partial charge < -0.3 is 0 Å². The van der Waals surface area contributed by atoms with Crippen molar-refractivity contribution in [2.24, 2.45) is 11.8 Å². The normalized spacial score (nSPS) is 23.9. The fraction of sp³-hybridized carbons (Fsp3) is 0.562. The van der Waals surface area contributed by atoms with Gasteiger partial charge >= 0.3 is 0 Å². The number of aryl methyl sites for hydroxylation is 1. The van der Waals surface area contributed by atoms with Crippen molar-refractivity contribution in [3.63, 3.8) is 0 Å². The monoisotopic (exact) mass is 248 g/mol. The van der Waals surface area contributed by atoms with E-state index in [2.05, 4.69) is 6.92 Å². The van der Waals surface area contributed by atoms with Gasteiger partial charge in [-0.2, -0.15) is 0 Å². The fourth-order valence-electron chi connectivity index (χ4n) is 2.98. The van der Waals surface area contributed by atoms with E-state index in [1.54, 1.807) is 6.07 Å². The molecule has 2 unspecified atom stereocenters. The number of carbonyl (C=O) groups is 1. The summed E-state index contributed by atoms with van der Waals surface area (Å²) >= 11 is 0. The summed E-state index contributed by atoms with van der Waals surface area (Å²) in [4.78, 5) is 12.5. The Hall–Kier alpha value is -1.18. The molecule has 0 N–H and O–H groups in total. The highest BCUT2D eigenvalue weighted by molar-refractivity contribution is 5.99. The van der Waals surface area contributed by atoms with Crippen LogP contribution >= 0.6 is 0 Å². The van der Waals surface area contributed by atoms with E-state index in [0.717, 1.165) is 31.2 Å². The second kappa shape index (κ2) is 5.64. The lowest BCUT2D eigenvalue weighted by Gasteiger charge is -2.27. The molecule has 0 bridgehead atoms. The molecule has 18 heavy (non-hydrogen) atoms. The zero-order valence-corrected chi connectivity index (χ0v) is 11.2. The van der Waals surface area contributed by atoms with Crippen LogP contribution in [-0.4, -0.2) is 5.78 Å². The van der Waals surface area contributed by atoms with Crippen molar-refractivity contribution in [1.82, 2.24) is 0 Å². The van der Waals surface area contributed by atoms with Crippen LogP contribution in [0.15, 0.2) is 18.2 Å². The van der Waals surface area contributed by atoms with Gasteiger partial charge in [-0.1, -0.05) is 32.3 Å². The van der Waals surface area contributed by atoms with Gasteiger partial charge in [0.05, 0.1) is 0 Å². The van der Waals surface area contributed by atoms with Gasteiger partial charge in [0.1, 0.15) is 5.82 Å². The van der Waals surface area contributed by atoms with Crippen molar-refractivity contribution in [3.8, 4) is 0 Å². The number of hydrogen-bond acceptors (Lipinski definition) is 1. The van der Waals surface area contributed by atoms with E-state index in [1.165, 1.54) is 18.6 Å². The number of benzene rings is 1. The molecule has 0 radical (unpaired) electrons. The molecule has 1 aromatic rings. The molecule has 1 nitrogen and oxygen atoms in total. The van der Waals surface area contributed by atoms with Crippen molar-refractivity contribution < 1.29 is 9.18 Å². The average molecular weight is 248 g/mol. The summed E-state index contributed by atoms with van der Waals surface area (Å²) in [6.07, 6.45) is 5.45. The highest BCUT2D eigenvalue weighted by Gasteiger charge is 2.27. The molecule has 2 rings (SSSR count). The van der Waals surface area contributed by atoms with Crippen molar-refractivity contribution in [2.75, 3.05) is 0 Å². The Labute approximate surface area is 108 Å². The molecular formula is C16H21FO. The first-order valence-corrected chi connectivity index (χ1v) is 6.92. The Morgan fingerprint density at radius 3 is 2.89 bits per heavy atom. The van der Waals surface area contributed by atoms with E-state index in [1.807, 2.05) is 6.92 Å². The predicted octanol–water partition coefficient (Wildman–Crippen LogP) is 4.53. The number of Topliss-reactive ketones (excluding diaryl/α,β-unsaturated/α-hetero) is 1. The highest BCUT2D eigenvalue weighted by Crippen LogP contribution is 2.33. The van der Waals surface area contributed by atoms with E-state index < -0.39 is 0 Å². The Kier molecular flexibility index (Phi) is 4.15. The third-order valence-corrected chi connectivity index (χ3v) is 4.20. The van der Waals surface area contributed by atoms with E-state index >= 15 is 0 Å². The quantitative estimate of drug-likeness (QED) is 0.718. The van der Waals surface area contributed by atoms with Gasteiger partial charge in [-0.25, -0.2) is 4.39 Å². The lowest BCUT2D eigenvalue weighted by molar-refractivity contribution is 0.0861. The van der Waals surface area contributed by atoms with E-state index in [-0.39, 0.29) is 17.5 Å². The topological polar surface area (TPSA) is 17.1 Å². The predicted molar refractivity (Wildman–Crippen MR) is 71.2 cm³/mol. The lowest BCUT2D eigenvalue weighted by Crippen LogP contribution is -2.23. The second-order valence-corrected chi connectivity index (χ2v) is 5.46. The number of rotatable bonds is 3. The molecule has 0 spiro atoms. The molecule has 1 saturated carbocycles.